The van der Waals surface area contributed by atoms with Crippen LogP contribution in [0.4, 0.5) is 0 Å². The fourth-order valence-corrected chi connectivity index (χ4v) is 3.66. The number of methoxy groups -OCH3 is 1. The molecule has 1 saturated heterocycles. The fraction of sp³-hybridized carbons (Fsp3) is 0.429. The van der Waals surface area contributed by atoms with Gasteiger partial charge in [-0.05, 0) is 44.0 Å². The molecular formula is C21H25N3O5. The van der Waals surface area contributed by atoms with Crippen LogP contribution in [0.15, 0.2) is 30.5 Å². The largest absolute Gasteiger partial charge is 0.497 e. The zero-order valence-electron chi connectivity index (χ0n) is 16.6. The zero-order chi connectivity index (χ0) is 21.0. The van der Waals surface area contributed by atoms with E-state index in [9.17, 15) is 14.4 Å². The van der Waals surface area contributed by atoms with E-state index >= 15 is 0 Å². The number of rotatable bonds is 7. The number of aromatic nitrogens is 2. The second-order valence-corrected chi connectivity index (χ2v) is 7.16. The molecular weight excluding hydrogens is 374 g/mol. The number of piperidine rings is 1. The monoisotopic (exact) mass is 399 g/mol. The Bertz CT molecular complexity index is 896. The van der Waals surface area contributed by atoms with Crippen molar-refractivity contribution in [2.24, 2.45) is 0 Å². The Kier molecular flexibility index (Phi) is 6.31. The van der Waals surface area contributed by atoms with Gasteiger partial charge in [-0.3, -0.25) is 14.3 Å². The maximum absolute atomic E-state index is 12.5. The minimum Gasteiger partial charge on any atom is -0.497 e. The quantitative estimate of drug-likeness (QED) is 0.719. The first-order valence-corrected chi connectivity index (χ1v) is 9.63. The van der Waals surface area contributed by atoms with Gasteiger partial charge in [0.15, 0.2) is 5.78 Å². The van der Waals surface area contributed by atoms with Crippen LogP contribution in [0.2, 0.25) is 0 Å². The summed E-state index contributed by atoms with van der Waals surface area (Å²) in [5, 5.41) is 13.4. The first-order chi connectivity index (χ1) is 13.9. The first kappa shape index (κ1) is 20.6. The second kappa shape index (κ2) is 8.89. The molecule has 1 aromatic heterocycles. The van der Waals surface area contributed by atoms with E-state index in [0.29, 0.717) is 42.9 Å². The summed E-state index contributed by atoms with van der Waals surface area (Å²) in [6.07, 6.45) is 3.14. The molecule has 1 aromatic carbocycles. The number of Topliss-reactive ketones (excluding diaryl/α,β-unsaturated/α-hetero) is 1. The molecule has 0 atom stereocenters. The van der Waals surface area contributed by atoms with Crippen LogP contribution < -0.4 is 4.74 Å². The lowest BCUT2D eigenvalue weighted by Gasteiger charge is -2.32. The van der Waals surface area contributed by atoms with E-state index in [1.165, 1.54) is 6.20 Å². The van der Waals surface area contributed by atoms with Crippen LogP contribution in [0.1, 0.15) is 58.1 Å². The van der Waals surface area contributed by atoms with E-state index in [-0.39, 0.29) is 36.1 Å². The van der Waals surface area contributed by atoms with Gasteiger partial charge in [0.25, 0.3) is 0 Å². The number of hydrogen-bond acceptors (Lipinski definition) is 5. The molecule has 29 heavy (non-hydrogen) atoms. The average molecular weight is 399 g/mol. The summed E-state index contributed by atoms with van der Waals surface area (Å²) in [5.41, 5.74) is 1.41. The number of aromatic carboxylic acids is 1. The van der Waals surface area contributed by atoms with Gasteiger partial charge < -0.3 is 14.7 Å². The summed E-state index contributed by atoms with van der Waals surface area (Å²) in [6.45, 7) is 2.89. The third-order valence-electron chi connectivity index (χ3n) is 5.42. The van der Waals surface area contributed by atoms with E-state index in [4.69, 9.17) is 9.84 Å². The molecule has 3 rings (SSSR count). The van der Waals surface area contributed by atoms with Gasteiger partial charge in [-0.1, -0.05) is 0 Å². The zero-order valence-corrected chi connectivity index (χ0v) is 16.6. The van der Waals surface area contributed by atoms with E-state index in [0.717, 1.165) is 0 Å². The summed E-state index contributed by atoms with van der Waals surface area (Å²) in [5.74, 6) is -0.399. The lowest BCUT2D eigenvalue weighted by atomic mass is 10.0. The molecule has 8 nitrogen and oxygen atoms in total. The number of hydrogen-bond donors (Lipinski definition) is 1. The highest BCUT2D eigenvalue weighted by atomic mass is 16.5. The van der Waals surface area contributed by atoms with Crippen molar-refractivity contribution < 1.29 is 24.2 Å². The summed E-state index contributed by atoms with van der Waals surface area (Å²) in [4.78, 5) is 37.7. The van der Waals surface area contributed by atoms with E-state index < -0.39 is 5.97 Å². The van der Waals surface area contributed by atoms with Gasteiger partial charge in [0.1, 0.15) is 11.3 Å². The SMILES string of the molecule is COc1ccc(C(=O)CCC(=O)N2CCC(n3ncc(C(=O)O)c3C)CC2)cc1. The first-order valence-electron chi connectivity index (χ1n) is 9.63. The minimum atomic E-state index is -0.983. The Balaban J connectivity index is 1.49. The van der Waals surface area contributed by atoms with Crippen molar-refractivity contribution in [2.45, 2.75) is 38.6 Å². The number of carboxylic acid groups (broad SMARTS) is 1. The van der Waals surface area contributed by atoms with Crippen LogP contribution >= 0.6 is 0 Å². The Labute approximate surface area is 169 Å². The molecule has 2 aromatic rings. The number of benzene rings is 1. The van der Waals surface area contributed by atoms with Crippen molar-refractivity contribution in [2.75, 3.05) is 20.2 Å². The predicted octanol–water partition coefficient (Wildman–Crippen LogP) is 2.72. The number of likely N-dealkylation sites (tertiary alicyclic amines) is 1. The van der Waals surface area contributed by atoms with Gasteiger partial charge in [-0.25, -0.2) is 4.79 Å². The van der Waals surface area contributed by atoms with Crippen molar-refractivity contribution in [1.29, 1.82) is 0 Å². The van der Waals surface area contributed by atoms with Crippen molar-refractivity contribution in [3.63, 3.8) is 0 Å². The molecule has 0 spiro atoms. The molecule has 0 aliphatic carbocycles. The molecule has 1 N–H and O–H groups in total. The number of carbonyl (C=O) groups is 3. The van der Waals surface area contributed by atoms with Gasteiger partial charge in [-0.15, -0.1) is 0 Å². The molecule has 154 valence electrons. The van der Waals surface area contributed by atoms with Crippen LogP contribution in [0.3, 0.4) is 0 Å². The topological polar surface area (TPSA) is 102 Å². The van der Waals surface area contributed by atoms with Crippen LogP contribution in [0.5, 0.6) is 5.75 Å². The lowest BCUT2D eigenvalue weighted by Crippen LogP contribution is -2.39. The highest BCUT2D eigenvalue weighted by Crippen LogP contribution is 2.25. The van der Waals surface area contributed by atoms with Crippen molar-refractivity contribution in [3.8, 4) is 5.75 Å². The number of nitrogens with zero attached hydrogens (tertiary/aromatic N) is 3. The summed E-state index contributed by atoms with van der Waals surface area (Å²) in [7, 11) is 1.57. The smallest absolute Gasteiger partial charge is 0.339 e. The molecule has 1 fully saturated rings. The van der Waals surface area contributed by atoms with Crippen LogP contribution in [-0.4, -0.2) is 57.6 Å². The standard InChI is InChI=1S/C21H25N3O5/c1-14-18(21(27)28)13-22-24(14)16-9-11-23(12-10-16)20(26)8-7-19(25)15-3-5-17(29-2)6-4-15/h3-6,13,16H,7-12H2,1-2H3,(H,27,28). The highest BCUT2D eigenvalue weighted by molar-refractivity contribution is 5.98. The van der Waals surface area contributed by atoms with Crippen LogP contribution in [0, 0.1) is 6.92 Å². The third-order valence-corrected chi connectivity index (χ3v) is 5.42. The van der Waals surface area contributed by atoms with Crippen molar-refractivity contribution in [3.05, 3.63) is 47.3 Å². The van der Waals surface area contributed by atoms with Gasteiger partial charge in [0.05, 0.1) is 25.0 Å². The minimum absolute atomic E-state index is 0.0336. The van der Waals surface area contributed by atoms with Gasteiger partial charge >= 0.3 is 5.97 Å². The number of amides is 1. The molecule has 0 radical (unpaired) electrons. The average Bonchev–Trinajstić information content (AvgIpc) is 3.13. The fourth-order valence-electron chi connectivity index (χ4n) is 3.66. The van der Waals surface area contributed by atoms with Crippen LogP contribution in [-0.2, 0) is 4.79 Å². The highest BCUT2D eigenvalue weighted by Gasteiger charge is 2.26. The Morgan fingerprint density at radius 3 is 2.34 bits per heavy atom. The van der Waals surface area contributed by atoms with E-state index in [2.05, 4.69) is 5.10 Å². The van der Waals surface area contributed by atoms with E-state index in [1.54, 1.807) is 47.9 Å². The molecule has 1 amide bonds. The normalized spacial score (nSPS) is 14.6. The molecule has 0 bridgehead atoms. The maximum atomic E-state index is 12.5. The number of ketones is 1. The number of carbonyl (C=O) groups excluding carboxylic acids is 2. The summed E-state index contributed by atoms with van der Waals surface area (Å²) >= 11 is 0. The predicted molar refractivity (Wildman–Crippen MR) is 105 cm³/mol. The van der Waals surface area contributed by atoms with Gasteiger partial charge in [0.2, 0.25) is 5.91 Å². The molecule has 8 heteroatoms. The molecule has 0 saturated carbocycles. The van der Waals surface area contributed by atoms with Crippen molar-refractivity contribution >= 4 is 17.7 Å². The Morgan fingerprint density at radius 2 is 1.79 bits per heavy atom. The third kappa shape index (κ3) is 4.64. The Morgan fingerprint density at radius 1 is 1.14 bits per heavy atom. The molecule has 1 aliphatic rings. The van der Waals surface area contributed by atoms with Crippen molar-refractivity contribution in [1.82, 2.24) is 14.7 Å². The molecule has 2 heterocycles. The van der Waals surface area contributed by atoms with E-state index in [1.807, 2.05) is 0 Å². The maximum Gasteiger partial charge on any atom is 0.339 e. The summed E-state index contributed by atoms with van der Waals surface area (Å²) < 4.78 is 6.83. The number of carboxylic acids is 1. The Hall–Kier alpha value is -3.16. The van der Waals surface area contributed by atoms with Crippen LogP contribution in [0.25, 0.3) is 0 Å². The second-order valence-electron chi connectivity index (χ2n) is 7.16. The molecule has 0 unspecified atom stereocenters. The lowest BCUT2D eigenvalue weighted by molar-refractivity contribution is -0.132. The van der Waals surface area contributed by atoms with Gasteiger partial charge in [0, 0.05) is 31.5 Å². The number of ether oxygens (including phenoxy) is 1. The molecule has 1 aliphatic heterocycles. The van der Waals surface area contributed by atoms with Gasteiger partial charge in [-0.2, -0.15) is 5.10 Å². The summed E-state index contributed by atoms with van der Waals surface area (Å²) in [6, 6.07) is 6.94.